The molecule has 1 atom stereocenters. The molecule has 2 aromatic carbocycles. The molecule has 0 saturated carbocycles. The number of benzene rings is 2. The van der Waals surface area contributed by atoms with Crippen LogP contribution in [-0.2, 0) is 22.7 Å². The molecule has 3 rings (SSSR count). The highest BCUT2D eigenvalue weighted by atomic mass is 16.2. The van der Waals surface area contributed by atoms with Crippen LogP contribution in [0.25, 0.3) is 0 Å². The van der Waals surface area contributed by atoms with Gasteiger partial charge in [0, 0.05) is 32.7 Å². The number of carbonyl (C=O) groups excluding carboxylic acids is 2. The lowest BCUT2D eigenvalue weighted by molar-refractivity contribution is -0.128. The Labute approximate surface area is 161 Å². The number of amides is 2. The van der Waals surface area contributed by atoms with Crippen molar-refractivity contribution < 1.29 is 9.59 Å². The van der Waals surface area contributed by atoms with Gasteiger partial charge in [-0.15, -0.1) is 0 Å². The predicted molar refractivity (Wildman–Crippen MR) is 107 cm³/mol. The molecule has 1 aliphatic heterocycles. The minimum Gasteiger partial charge on any atom is -0.342 e. The normalized spacial score (nSPS) is 16.9. The zero-order valence-corrected chi connectivity index (χ0v) is 16.0. The van der Waals surface area contributed by atoms with Crippen LogP contribution in [0.2, 0.25) is 0 Å². The highest BCUT2D eigenvalue weighted by Crippen LogP contribution is 2.22. The first-order valence-corrected chi connectivity index (χ1v) is 9.42. The van der Waals surface area contributed by atoms with E-state index >= 15 is 0 Å². The van der Waals surface area contributed by atoms with E-state index < -0.39 is 0 Å². The molecule has 1 fully saturated rings. The highest BCUT2D eigenvalue weighted by molar-refractivity contribution is 5.95. The van der Waals surface area contributed by atoms with Gasteiger partial charge in [0.15, 0.2) is 0 Å². The van der Waals surface area contributed by atoms with Crippen molar-refractivity contribution in [3.63, 3.8) is 0 Å². The van der Waals surface area contributed by atoms with Crippen LogP contribution in [0.5, 0.6) is 0 Å². The summed E-state index contributed by atoms with van der Waals surface area (Å²) in [5, 5.41) is 3.06. The van der Waals surface area contributed by atoms with E-state index in [1.165, 1.54) is 5.56 Å². The van der Waals surface area contributed by atoms with Gasteiger partial charge in [-0.05, 0) is 42.6 Å². The number of carbonyl (C=O) groups is 2. The van der Waals surface area contributed by atoms with Gasteiger partial charge in [0.05, 0.1) is 6.04 Å². The van der Waals surface area contributed by atoms with Crippen molar-refractivity contribution >= 4 is 17.5 Å². The summed E-state index contributed by atoms with van der Waals surface area (Å²) in [5.41, 5.74) is 3.01. The van der Waals surface area contributed by atoms with Crippen LogP contribution in [0.1, 0.15) is 30.9 Å². The lowest BCUT2D eigenvalue weighted by atomic mass is 10.1. The van der Waals surface area contributed by atoms with Crippen molar-refractivity contribution in [2.45, 2.75) is 38.9 Å². The highest BCUT2D eigenvalue weighted by Gasteiger charge is 2.30. The molecule has 0 aliphatic carbocycles. The second-order valence-corrected chi connectivity index (χ2v) is 7.18. The third-order valence-electron chi connectivity index (χ3n) is 5.05. The number of nitrogens with zero attached hydrogens (tertiary/aromatic N) is 2. The molecule has 1 heterocycles. The van der Waals surface area contributed by atoms with Gasteiger partial charge in [0.25, 0.3) is 0 Å². The molecule has 142 valence electrons. The fraction of sp³-hybridized carbons (Fsp3) is 0.364. The third-order valence-corrected chi connectivity index (χ3v) is 5.05. The maximum absolute atomic E-state index is 12.8. The summed E-state index contributed by atoms with van der Waals surface area (Å²) in [6.45, 7) is 3.81. The number of likely N-dealkylation sites (tertiary alicyclic amines) is 1. The molecule has 1 aliphatic rings. The molecule has 0 radical (unpaired) electrons. The summed E-state index contributed by atoms with van der Waals surface area (Å²) in [7, 11) is 1.77. The summed E-state index contributed by atoms with van der Waals surface area (Å²) in [6.07, 6.45) is 1.92. The molecule has 1 N–H and O–H groups in total. The Hall–Kier alpha value is -2.66. The molecule has 5 nitrogen and oxygen atoms in total. The molecular weight excluding hydrogens is 338 g/mol. The second kappa shape index (κ2) is 8.82. The zero-order valence-electron chi connectivity index (χ0n) is 16.0. The van der Waals surface area contributed by atoms with Crippen molar-refractivity contribution in [3.05, 3.63) is 65.7 Å². The van der Waals surface area contributed by atoms with E-state index in [4.69, 9.17) is 0 Å². The maximum Gasteiger partial charge on any atom is 0.241 e. The second-order valence-electron chi connectivity index (χ2n) is 7.18. The molecule has 2 amide bonds. The fourth-order valence-corrected chi connectivity index (χ4v) is 3.49. The Kier molecular flexibility index (Phi) is 6.24. The van der Waals surface area contributed by atoms with Crippen LogP contribution in [0.4, 0.5) is 5.69 Å². The number of nitrogens with one attached hydrogen (secondary N) is 1. The largest absolute Gasteiger partial charge is 0.342 e. The van der Waals surface area contributed by atoms with E-state index in [9.17, 15) is 9.59 Å². The Morgan fingerprint density at radius 2 is 1.85 bits per heavy atom. The Morgan fingerprint density at radius 3 is 2.59 bits per heavy atom. The molecule has 0 bridgehead atoms. The SMILES string of the molecule is CC(=O)N(C)Cc1cccc(NC(=O)[C@H]2CCCN2Cc2ccccc2)c1. The maximum atomic E-state index is 12.8. The standard InChI is InChI=1S/C22H27N3O2/c1-17(26)24(2)15-19-10-6-11-20(14-19)23-22(27)21-12-7-13-25(21)16-18-8-4-3-5-9-18/h3-6,8-11,14,21H,7,12-13,15-16H2,1-2H3,(H,23,27)/t21-/m1/s1. The van der Waals surface area contributed by atoms with Crippen LogP contribution in [0.15, 0.2) is 54.6 Å². The average Bonchev–Trinajstić information content (AvgIpc) is 3.11. The summed E-state index contributed by atoms with van der Waals surface area (Å²) in [5.74, 6) is 0.0625. The van der Waals surface area contributed by atoms with E-state index in [-0.39, 0.29) is 17.9 Å². The molecule has 5 heteroatoms. The summed E-state index contributed by atoms with van der Waals surface area (Å²) >= 11 is 0. The first-order valence-electron chi connectivity index (χ1n) is 9.42. The van der Waals surface area contributed by atoms with E-state index in [0.29, 0.717) is 6.54 Å². The quantitative estimate of drug-likeness (QED) is 0.855. The van der Waals surface area contributed by atoms with Gasteiger partial charge in [0.1, 0.15) is 0 Å². The van der Waals surface area contributed by atoms with Crippen molar-refractivity contribution in [3.8, 4) is 0 Å². The molecule has 1 saturated heterocycles. The average molecular weight is 365 g/mol. The van der Waals surface area contributed by atoms with Crippen LogP contribution < -0.4 is 5.32 Å². The number of hydrogen-bond donors (Lipinski definition) is 1. The zero-order chi connectivity index (χ0) is 19.2. The minimum atomic E-state index is -0.103. The smallest absolute Gasteiger partial charge is 0.241 e. The molecule has 2 aromatic rings. The van der Waals surface area contributed by atoms with Crippen LogP contribution >= 0.6 is 0 Å². The summed E-state index contributed by atoms with van der Waals surface area (Å²) in [6, 6.07) is 17.9. The number of rotatable bonds is 6. The van der Waals surface area contributed by atoms with Gasteiger partial charge in [-0.25, -0.2) is 0 Å². The Morgan fingerprint density at radius 1 is 1.11 bits per heavy atom. The monoisotopic (exact) mass is 365 g/mol. The van der Waals surface area contributed by atoms with Crippen molar-refractivity contribution in [1.82, 2.24) is 9.80 Å². The van der Waals surface area contributed by atoms with Crippen molar-refractivity contribution in [2.24, 2.45) is 0 Å². The first-order chi connectivity index (χ1) is 13.0. The van der Waals surface area contributed by atoms with Gasteiger partial charge in [0.2, 0.25) is 11.8 Å². The van der Waals surface area contributed by atoms with Crippen molar-refractivity contribution in [2.75, 3.05) is 18.9 Å². The lowest BCUT2D eigenvalue weighted by Gasteiger charge is -2.24. The molecule has 0 spiro atoms. The third kappa shape index (κ3) is 5.17. The predicted octanol–water partition coefficient (Wildman–Crippen LogP) is 3.27. The topological polar surface area (TPSA) is 52.7 Å². The van der Waals surface area contributed by atoms with Gasteiger partial charge >= 0.3 is 0 Å². The van der Waals surface area contributed by atoms with Crippen LogP contribution in [0, 0.1) is 0 Å². The molecular formula is C22H27N3O2. The van der Waals surface area contributed by atoms with Gasteiger partial charge in [-0.1, -0.05) is 42.5 Å². The van der Waals surface area contributed by atoms with Crippen LogP contribution in [-0.4, -0.2) is 41.2 Å². The first kappa shape index (κ1) is 19.1. The fourth-order valence-electron chi connectivity index (χ4n) is 3.49. The molecule has 0 aromatic heterocycles. The van der Waals surface area contributed by atoms with E-state index in [1.807, 2.05) is 42.5 Å². The van der Waals surface area contributed by atoms with E-state index in [2.05, 4.69) is 22.3 Å². The Bertz CT molecular complexity index is 791. The molecule has 0 unspecified atom stereocenters. The number of hydrogen-bond acceptors (Lipinski definition) is 3. The van der Waals surface area contributed by atoms with Crippen LogP contribution in [0.3, 0.4) is 0 Å². The summed E-state index contributed by atoms with van der Waals surface area (Å²) < 4.78 is 0. The Balaban J connectivity index is 1.63. The van der Waals surface area contributed by atoms with Gasteiger partial charge in [-0.2, -0.15) is 0 Å². The van der Waals surface area contributed by atoms with E-state index in [1.54, 1.807) is 18.9 Å². The number of anilines is 1. The van der Waals surface area contributed by atoms with E-state index in [0.717, 1.165) is 37.2 Å². The van der Waals surface area contributed by atoms with Gasteiger partial charge in [-0.3, -0.25) is 14.5 Å². The minimum absolute atomic E-state index is 0.0203. The lowest BCUT2D eigenvalue weighted by Crippen LogP contribution is -2.39. The molecule has 27 heavy (non-hydrogen) atoms. The van der Waals surface area contributed by atoms with Gasteiger partial charge < -0.3 is 10.2 Å². The summed E-state index contributed by atoms with van der Waals surface area (Å²) in [4.78, 5) is 28.2. The van der Waals surface area contributed by atoms with Crippen molar-refractivity contribution in [1.29, 1.82) is 0 Å².